The minimum atomic E-state index is -4.67. The Morgan fingerprint density at radius 2 is 1.48 bits per heavy atom. The Bertz CT molecular complexity index is 818. The number of unbranched alkanes of at least 4 members (excludes halogenated alkanes) is 1. The molecule has 0 atom stereocenters. The summed E-state index contributed by atoms with van der Waals surface area (Å²) in [5, 5.41) is 0. The van der Waals surface area contributed by atoms with E-state index in [-0.39, 0.29) is 5.75 Å². The fourth-order valence-corrected chi connectivity index (χ4v) is 3.87. The van der Waals surface area contributed by atoms with Crippen molar-refractivity contribution >= 4 is 0 Å². The van der Waals surface area contributed by atoms with Crippen molar-refractivity contribution in [3.8, 4) is 28.7 Å². The highest BCUT2D eigenvalue weighted by molar-refractivity contribution is 5.65. The summed E-state index contributed by atoms with van der Waals surface area (Å²) in [6, 6.07) is 13.7. The summed E-state index contributed by atoms with van der Waals surface area (Å²) in [6.45, 7) is 2.25. The van der Waals surface area contributed by atoms with Crippen LogP contribution >= 0.6 is 0 Å². The van der Waals surface area contributed by atoms with Gasteiger partial charge >= 0.3 is 6.36 Å². The Hall–Kier alpha value is -2.41. The van der Waals surface area contributed by atoms with Gasteiger partial charge in [-0.15, -0.1) is 13.2 Å². The Morgan fingerprint density at radius 1 is 0.897 bits per heavy atom. The van der Waals surface area contributed by atoms with Crippen molar-refractivity contribution in [1.29, 1.82) is 0 Å². The predicted molar refractivity (Wildman–Crippen MR) is 110 cm³/mol. The standard InChI is InChI=1S/C25H27F3O/c1-2-3-4-19-5-7-20(8-6-19)9-10-21-11-13-22(14-12-21)23-15-17-24(18-16-23)29-25(26,27)28/h11-20H,2-8H2,1H3/t19-,20-. The van der Waals surface area contributed by atoms with Crippen molar-refractivity contribution in [2.75, 3.05) is 0 Å². The number of halogens is 3. The summed E-state index contributed by atoms with van der Waals surface area (Å²) in [4.78, 5) is 0. The molecule has 0 N–H and O–H groups in total. The van der Waals surface area contributed by atoms with E-state index in [9.17, 15) is 13.2 Å². The summed E-state index contributed by atoms with van der Waals surface area (Å²) in [6.07, 6.45) is 4.31. The largest absolute Gasteiger partial charge is 0.573 e. The van der Waals surface area contributed by atoms with E-state index in [4.69, 9.17) is 0 Å². The van der Waals surface area contributed by atoms with E-state index in [1.807, 2.05) is 24.3 Å². The number of hydrogen-bond donors (Lipinski definition) is 0. The summed E-state index contributed by atoms with van der Waals surface area (Å²) in [7, 11) is 0. The summed E-state index contributed by atoms with van der Waals surface area (Å²) >= 11 is 0. The van der Waals surface area contributed by atoms with Crippen LogP contribution in [0, 0.1) is 23.7 Å². The Labute approximate surface area is 171 Å². The van der Waals surface area contributed by atoms with E-state index >= 15 is 0 Å². The smallest absolute Gasteiger partial charge is 0.406 e. The van der Waals surface area contributed by atoms with Crippen LogP contribution in [0.5, 0.6) is 5.75 Å². The summed E-state index contributed by atoms with van der Waals surface area (Å²) < 4.78 is 40.7. The van der Waals surface area contributed by atoms with Crippen molar-refractivity contribution < 1.29 is 17.9 Å². The maximum atomic E-state index is 12.2. The fourth-order valence-electron chi connectivity index (χ4n) is 3.87. The number of alkyl halides is 3. The minimum Gasteiger partial charge on any atom is -0.406 e. The van der Waals surface area contributed by atoms with Crippen LogP contribution in [0.25, 0.3) is 11.1 Å². The molecule has 1 aliphatic carbocycles. The zero-order valence-electron chi connectivity index (χ0n) is 16.8. The lowest BCUT2D eigenvalue weighted by molar-refractivity contribution is -0.274. The second-order valence-corrected chi connectivity index (χ2v) is 7.78. The topological polar surface area (TPSA) is 9.23 Å². The van der Waals surface area contributed by atoms with Crippen LogP contribution < -0.4 is 4.74 Å². The zero-order chi connectivity index (χ0) is 20.7. The maximum absolute atomic E-state index is 12.2. The van der Waals surface area contributed by atoms with Gasteiger partial charge in [-0.3, -0.25) is 0 Å². The number of ether oxygens (including phenoxy) is 1. The quantitative estimate of drug-likeness (QED) is 0.470. The highest BCUT2D eigenvalue weighted by Gasteiger charge is 2.30. The van der Waals surface area contributed by atoms with Gasteiger partial charge in [0, 0.05) is 11.5 Å². The molecule has 3 rings (SSSR count). The lowest BCUT2D eigenvalue weighted by Crippen LogP contribution is -2.16. The van der Waals surface area contributed by atoms with Gasteiger partial charge in [0.15, 0.2) is 0 Å². The molecule has 1 nitrogen and oxygen atoms in total. The summed E-state index contributed by atoms with van der Waals surface area (Å²) in [5.74, 6) is 7.89. The molecule has 4 heteroatoms. The van der Waals surface area contributed by atoms with Crippen LogP contribution in [0.4, 0.5) is 13.2 Å². The van der Waals surface area contributed by atoms with E-state index in [1.54, 1.807) is 12.1 Å². The molecule has 0 spiro atoms. The molecule has 1 aliphatic rings. The fraction of sp³-hybridized carbons (Fsp3) is 0.440. The van der Waals surface area contributed by atoms with E-state index < -0.39 is 6.36 Å². The molecule has 0 bridgehead atoms. The van der Waals surface area contributed by atoms with Crippen molar-refractivity contribution in [3.63, 3.8) is 0 Å². The van der Waals surface area contributed by atoms with Gasteiger partial charge in [-0.05, 0) is 67.0 Å². The van der Waals surface area contributed by atoms with E-state index in [2.05, 4.69) is 23.5 Å². The van der Waals surface area contributed by atoms with E-state index in [1.165, 1.54) is 57.1 Å². The van der Waals surface area contributed by atoms with Crippen LogP contribution in [0.1, 0.15) is 57.4 Å². The third-order valence-corrected chi connectivity index (χ3v) is 5.54. The average Bonchev–Trinajstić information content (AvgIpc) is 2.71. The molecular weight excluding hydrogens is 373 g/mol. The molecule has 29 heavy (non-hydrogen) atoms. The molecule has 154 valence electrons. The van der Waals surface area contributed by atoms with Gasteiger partial charge in [0.25, 0.3) is 0 Å². The minimum absolute atomic E-state index is 0.215. The average molecular weight is 400 g/mol. The lowest BCUT2D eigenvalue weighted by atomic mass is 9.80. The highest BCUT2D eigenvalue weighted by atomic mass is 19.4. The second kappa shape index (κ2) is 9.87. The SMILES string of the molecule is CCCC[C@H]1CC[C@H](C#Cc2ccc(-c3ccc(OC(F)(F)F)cc3)cc2)CC1. The molecule has 0 amide bonds. The molecule has 0 saturated heterocycles. The molecule has 0 aliphatic heterocycles. The predicted octanol–water partition coefficient (Wildman–Crippen LogP) is 7.60. The molecule has 0 aromatic heterocycles. The third-order valence-electron chi connectivity index (χ3n) is 5.54. The van der Waals surface area contributed by atoms with E-state index in [0.29, 0.717) is 5.92 Å². The van der Waals surface area contributed by atoms with Gasteiger partial charge in [-0.1, -0.05) is 62.3 Å². The molecule has 1 saturated carbocycles. The van der Waals surface area contributed by atoms with Crippen LogP contribution in [0.2, 0.25) is 0 Å². The van der Waals surface area contributed by atoms with Crippen molar-refractivity contribution in [2.24, 2.45) is 11.8 Å². The second-order valence-electron chi connectivity index (χ2n) is 7.78. The first-order valence-electron chi connectivity index (χ1n) is 10.4. The lowest BCUT2D eigenvalue weighted by Gasteiger charge is -2.25. The van der Waals surface area contributed by atoms with E-state index in [0.717, 1.165) is 22.6 Å². The maximum Gasteiger partial charge on any atom is 0.573 e. The van der Waals surface area contributed by atoms with Crippen LogP contribution in [0.15, 0.2) is 48.5 Å². The number of rotatable bonds is 5. The molecular formula is C25H27F3O. The van der Waals surface area contributed by atoms with Crippen molar-refractivity contribution in [3.05, 3.63) is 54.1 Å². The van der Waals surface area contributed by atoms with Gasteiger partial charge < -0.3 is 4.74 Å². The monoisotopic (exact) mass is 400 g/mol. The van der Waals surface area contributed by atoms with Gasteiger partial charge in [0.1, 0.15) is 5.75 Å². The first-order valence-corrected chi connectivity index (χ1v) is 10.4. The van der Waals surface area contributed by atoms with Crippen LogP contribution in [-0.2, 0) is 0 Å². The number of hydrogen-bond acceptors (Lipinski definition) is 1. The van der Waals surface area contributed by atoms with Gasteiger partial charge in [0.05, 0.1) is 0 Å². The van der Waals surface area contributed by atoms with Gasteiger partial charge in [-0.25, -0.2) is 0 Å². The third kappa shape index (κ3) is 6.85. The van der Waals surface area contributed by atoms with Crippen LogP contribution in [-0.4, -0.2) is 6.36 Å². The molecule has 0 radical (unpaired) electrons. The summed E-state index contributed by atoms with van der Waals surface area (Å²) in [5.41, 5.74) is 2.74. The molecule has 0 heterocycles. The van der Waals surface area contributed by atoms with Crippen molar-refractivity contribution in [1.82, 2.24) is 0 Å². The Balaban J connectivity index is 1.55. The Morgan fingerprint density at radius 3 is 2.03 bits per heavy atom. The molecule has 1 fully saturated rings. The molecule has 2 aromatic carbocycles. The Kier molecular flexibility index (Phi) is 7.25. The zero-order valence-corrected chi connectivity index (χ0v) is 16.8. The first kappa shape index (κ1) is 21.3. The highest BCUT2D eigenvalue weighted by Crippen LogP contribution is 2.31. The first-order chi connectivity index (χ1) is 13.9. The molecule has 2 aromatic rings. The number of benzene rings is 2. The molecule has 0 unspecified atom stereocenters. The van der Waals surface area contributed by atoms with Crippen LogP contribution in [0.3, 0.4) is 0 Å². The van der Waals surface area contributed by atoms with Gasteiger partial charge in [0.2, 0.25) is 0 Å². The van der Waals surface area contributed by atoms with Gasteiger partial charge in [-0.2, -0.15) is 0 Å². The van der Waals surface area contributed by atoms with Crippen molar-refractivity contribution in [2.45, 2.75) is 58.2 Å². The normalized spacial score (nSPS) is 19.3.